The van der Waals surface area contributed by atoms with Crippen LogP contribution in [0.3, 0.4) is 0 Å². The third-order valence-corrected chi connectivity index (χ3v) is 5.74. The summed E-state index contributed by atoms with van der Waals surface area (Å²) in [6, 6.07) is 14.6. The topological polar surface area (TPSA) is 37.4 Å². The average Bonchev–Trinajstić information content (AvgIpc) is 3.30. The first kappa shape index (κ1) is 15.7. The molecule has 0 radical (unpaired) electrons. The van der Waals surface area contributed by atoms with Crippen molar-refractivity contribution in [3.63, 3.8) is 0 Å². The molecule has 1 aliphatic heterocycles. The molecule has 4 rings (SSSR count). The Bertz CT molecular complexity index is 831. The number of nitrogens with zero attached hydrogens (tertiary/aromatic N) is 1. The normalized spacial score (nSPS) is 28.7. The number of hydrogen-bond donors (Lipinski definition) is 0. The van der Waals surface area contributed by atoms with E-state index in [2.05, 4.69) is 0 Å². The lowest BCUT2D eigenvalue weighted by molar-refractivity contribution is -0.133. The van der Waals surface area contributed by atoms with Crippen molar-refractivity contribution < 1.29 is 9.59 Å². The Morgan fingerprint density at radius 2 is 1.62 bits per heavy atom. The summed E-state index contributed by atoms with van der Waals surface area (Å²) in [4.78, 5) is 27.2. The number of hydrogen-bond acceptors (Lipinski definition) is 2. The molecule has 0 aromatic heterocycles. The molecule has 0 spiro atoms. The monoisotopic (exact) mass is 359 g/mol. The highest BCUT2D eigenvalue weighted by Gasteiger charge is 2.68. The van der Waals surface area contributed by atoms with E-state index in [1.807, 2.05) is 37.3 Å². The van der Waals surface area contributed by atoms with Crippen molar-refractivity contribution in [3.05, 3.63) is 64.1 Å². The summed E-state index contributed by atoms with van der Waals surface area (Å²) in [5.74, 6) is -0.818. The highest BCUT2D eigenvalue weighted by atomic mass is 35.5. The summed E-state index contributed by atoms with van der Waals surface area (Å²) in [6.07, 6.45) is 0.702. The summed E-state index contributed by atoms with van der Waals surface area (Å²) >= 11 is 12.1. The summed E-state index contributed by atoms with van der Waals surface area (Å²) in [6.45, 7) is 1.90. The molecule has 2 fully saturated rings. The number of piperidine rings is 1. The number of carbonyl (C=O) groups excluding carboxylic acids is 2. The van der Waals surface area contributed by atoms with E-state index in [4.69, 9.17) is 23.2 Å². The van der Waals surface area contributed by atoms with E-state index in [1.165, 1.54) is 4.90 Å². The molecular formula is C19H15Cl2NO2. The van der Waals surface area contributed by atoms with E-state index in [0.717, 1.165) is 5.56 Å². The highest BCUT2D eigenvalue weighted by Crippen LogP contribution is 2.62. The SMILES string of the molecule is C[C@@H]1C(=O)N(c2cc(Cl)cc(Cl)c2)C(=O)[C@@H]2CC12c1ccccc1. The zero-order valence-corrected chi connectivity index (χ0v) is 14.5. The first-order valence-corrected chi connectivity index (χ1v) is 8.60. The van der Waals surface area contributed by atoms with Gasteiger partial charge in [0.05, 0.1) is 11.6 Å². The fourth-order valence-corrected chi connectivity index (χ4v) is 4.50. The minimum atomic E-state index is -0.367. The summed E-state index contributed by atoms with van der Waals surface area (Å²) in [5.41, 5.74) is 1.14. The van der Waals surface area contributed by atoms with Gasteiger partial charge >= 0.3 is 0 Å². The maximum absolute atomic E-state index is 13.0. The fraction of sp³-hybridized carbons (Fsp3) is 0.263. The summed E-state index contributed by atoms with van der Waals surface area (Å²) < 4.78 is 0. The predicted octanol–water partition coefficient (Wildman–Crippen LogP) is 4.46. The highest BCUT2D eigenvalue weighted by molar-refractivity contribution is 6.35. The first-order chi connectivity index (χ1) is 11.4. The number of rotatable bonds is 2. The smallest absolute Gasteiger partial charge is 0.237 e. The van der Waals surface area contributed by atoms with Gasteiger partial charge in [-0.2, -0.15) is 0 Å². The van der Waals surface area contributed by atoms with Crippen molar-refractivity contribution in [2.24, 2.45) is 11.8 Å². The number of carbonyl (C=O) groups is 2. The molecule has 3 nitrogen and oxygen atoms in total. The van der Waals surface area contributed by atoms with Gasteiger partial charge in [-0.15, -0.1) is 0 Å². The number of fused-ring (bicyclic) bond motifs is 1. The maximum Gasteiger partial charge on any atom is 0.237 e. The molecule has 0 N–H and O–H groups in total. The van der Waals surface area contributed by atoms with E-state index in [1.54, 1.807) is 18.2 Å². The third-order valence-electron chi connectivity index (χ3n) is 5.30. The first-order valence-electron chi connectivity index (χ1n) is 7.84. The molecule has 2 aliphatic rings. The Hall–Kier alpha value is -1.84. The van der Waals surface area contributed by atoms with E-state index < -0.39 is 0 Å². The van der Waals surface area contributed by atoms with Gasteiger partial charge in [0.2, 0.25) is 11.8 Å². The van der Waals surface area contributed by atoms with Gasteiger partial charge < -0.3 is 0 Å². The Morgan fingerprint density at radius 3 is 2.25 bits per heavy atom. The van der Waals surface area contributed by atoms with Crippen LogP contribution in [-0.4, -0.2) is 11.8 Å². The van der Waals surface area contributed by atoms with Crippen LogP contribution in [0.4, 0.5) is 5.69 Å². The van der Waals surface area contributed by atoms with Crippen LogP contribution in [0.15, 0.2) is 48.5 Å². The van der Waals surface area contributed by atoms with E-state index in [-0.39, 0.29) is 29.1 Å². The lowest BCUT2D eigenvalue weighted by Gasteiger charge is -2.35. The van der Waals surface area contributed by atoms with Gasteiger partial charge in [0.1, 0.15) is 0 Å². The molecule has 3 atom stereocenters. The second-order valence-corrected chi connectivity index (χ2v) is 7.40. The van der Waals surface area contributed by atoms with Gasteiger partial charge in [0.15, 0.2) is 0 Å². The van der Waals surface area contributed by atoms with Gasteiger partial charge in [-0.3, -0.25) is 9.59 Å². The second kappa shape index (κ2) is 5.33. The van der Waals surface area contributed by atoms with Crippen molar-refractivity contribution in [1.29, 1.82) is 0 Å². The van der Waals surface area contributed by atoms with Crippen molar-refractivity contribution in [2.75, 3.05) is 4.90 Å². The minimum Gasteiger partial charge on any atom is -0.274 e. The van der Waals surface area contributed by atoms with Crippen LogP contribution in [0.1, 0.15) is 18.9 Å². The lowest BCUT2D eigenvalue weighted by Crippen LogP contribution is -2.50. The summed E-state index contributed by atoms with van der Waals surface area (Å²) in [7, 11) is 0. The van der Waals surface area contributed by atoms with Gasteiger partial charge in [0, 0.05) is 21.4 Å². The van der Waals surface area contributed by atoms with E-state index in [9.17, 15) is 9.59 Å². The minimum absolute atomic E-state index is 0.166. The van der Waals surface area contributed by atoms with Gasteiger partial charge in [-0.1, -0.05) is 60.5 Å². The molecule has 24 heavy (non-hydrogen) atoms. The largest absolute Gasteiger partial charge is 0.274 e. The van der Waals surface area contributed by atoms with Crippen molar-refractivity contribution in [3.8, 4) is 0 Å². The van der Waals surface area contributed by atoms with Gasteiger partial charge in [-0.05, 0) is 30.2 Å². The van der Waals surface area contributed by atoms with Crippen LogP contribution in [0, 0.1) is 11.8 Å². The molecule has 0 bridgehead atoms. The zero-order valence-electron chi connectivity index (χ0n) is 13.0. The number of amides is 2. The molecular weight excluding hydrogens is 345 g/mol. The number of benzene rings is 2. The average molecular weight is 360 g/mol. The molecule has 2 aromatic rings. The summed E-state index contributed by atoms with van der Waals surface area (Å²) in [5, 5.41) is 0.808. The zero-order chi connectivity index (χ0) is 17.1. The standard InChI is InChI=1S/C19H15Cl2NO2/c1-11-17(23)22(15-8-13(20)7-14(21)9-15)18(24)16-10-19(11,16)12-5-3-2-4-6-12/h2-9,11,16H,10H2,1H3/t11-,16+,19?/m1/s1. The quantitative estimate of drug-likeness (QED) is 0.742. The predicted molar refractivity (Wildman–Crippen MR) is 94.3 cm³/mol. The van der Waals surface area contributed by atoms with Crippen molar-refractivity contribution in [2.45, 2.75) is 18.8 Å². The molecule has 5 heteroatoms. The second-order valence-electron chi connectivity index (χ2n) is 6.52. The van der Waals surface area contributed by atoms with Crippen LogP contribution < -0.4 is 4.90 Å². The van der Waals surface area contributed by atoms with Crippen molar-refractivity contribution in [1.82, 2.24) is 0 Å². The van der Waals surface area contributed by atoms with E-state index >= 15 is 0 Å². The molecule has 1 saturated heterocycles. The van der Waals surface area contributed by atoms with Gasteiger partial charge in [-0.25, -0.2) is 4.90 Å². The molecule has 1 unspecified atom stereocenters. The van der Waals surface area contributed by atoms with Gasteiger partial charge in [0.25, 0.3) is 0 Å². The lowest BCUT2D eigenvalue weighted by atomic mass is 9.78. The maximum atomic E-state index is 13.0. The van der Waals surface area contributed by atoms with Crippen molar-refractivity contribution >= 4 is 40.7 Å². The van der Waals surface area contributed by atoms with Crippen LogP contribution >= 0.6 is 23.2 Å². The Kier molecular flexibility index (Phi) is 3.48. The van der Waals surface area contributed by atoms with E-state index in [0.29, 0.717) is 22.2 Å². The van der Waals surface area contributed by atoms with Crippen LogP contribution in [0.2, 0.25) is 10.0 Å². The molecule has 1 aliphatic carbocycles. The fourth-order valence-electron chi connectivity index (χ4n) is 3.98. The number of imide groups is 1. The van der Waals surface area contributed by atoms with Crippen LogP contribution in [0.5, 0.6) is 0 Å². The number of anilines is 1. The Labute approximate surface area is 150 Å². The number of halogens is 2. The molecule has 122 valence electrons. The van der Waals surface area contributed by atoms with Crippen LogP contribution in [-0.2, 0) is 15.0 Å². The Balaban J connectivity index is 1.76. The molecule has 2 aromatic carbocycles. The Morgan fingerprint density at radius 1 is 1.00 bits per heavy atom. The molecule has 2 amide bonds. The molecule has 1 saturated carbocycles. The third kappa shape index (κ3) is 2.11. The van der Waals surface area contributed by atoms with Crippen LogP contribution in [0.25, 0.3) is 0 Å². The molecule has 1 heterocycles.